The standard InChI is InChI=1S/C9H11NO/c11-9-5-6-10-8-4-2-1-3-7(8)9/h1-11H. The molecule has 0 aromatic rings. The molecule has 11 heavy (non-hydrogen) atoms. The second-order valence-electron chi connectivity index (χ2n) is 2.89. The second kappa shape index (κ2) is 2.55. The van der Waals surface area contributed by atoms with Gasteiger partial charge >= 0.3 is 0 Å². The van der Waals surface area contributed by atoms with Crippen molar-refractivity contribution in [2.45, 2.75) is 12.1 Å². The molecule has 0 aromatic carbocycles. The van der Waals surface area contributed by atoms with E-state index in [4.69, 9.17) is 0 Å². The Labute approximate surface area is 65.9 Å². The number of nitrogens with one attached hydrogen (secondary N) is 1. The van der Waals surface area contributed by atoms with Crippen LogP contribution in [0.2, 0.25) is 0 Å². The molecule has 0 saturated carbocycles. The van der Waals surface area contributed by atoms with Gasteiger partial charge in [0.1, 0.15) is 0 Å². The molecule has 2 nitrogen and oxygen atoms in total. The average molecular weight is 149 g/mol. The van der Waals surface area contributed by atoms with E-state index in [1.807, 2.05) is 24.4 Å². The molecule has 3 unspecified atom stereocenters. The summed E-state index contributed by atoms with van der Waals surface area (Å²) < 4.78 is 0. The number of aliphatic hydroxyl groups is 1. The van der Waals surface area contributed by atoms with Gasteiger partial charge in [-0.1, -0.05) is 24.3 Å². The Morgan fingerprint density at radius 2 is 1.91 bits per heavy atom. The first-order valence-electron chi connectivity index (χ1n) is 3.84. The van der Waals surface area contributed by atoms with Gasteiger partial charge in [0.25, 0.3) is 0 Å². The summed E-state index contributed by atoms with van der Waals surface area (Å²) in [4.78, 5) is 0. The van der Waals surface area contributed by atoms with E-state index < -0.39 is 0 Å². The van der Waals surface area contributed by atoms with Gasteiger partial charge in [0.05, 0.1) is 12.1 Å². The molecule has 0 saturated heterocycles. The minimum Gasteiger partial charge on any atom is -0.388 e. The van der Waals surface area contributed by atoms with Crippen molar-refractivity contribution in [3.8, 4) is 0 Å². The number of rotatable bonds is 0. The molecule has 1 heterocycles. The van der Waals surface area contributed by atoms with Gasteiger partial charge in [-0.2, -0.15) is 0 Å². The van der Waals surface area contributed by atoms with E-state index in [1.54, 1.807) is 6.08 Å². The van der Waals surface area contributed by atoms with Crippen LogP contribution in [-0.4, -0.2) is 17.3 Å². The number of allylic oxidation sites excluding steroid dienone is 2. The normalized spacial score (nSPS) is 39.9. The largest absolute Gasteiger partial charge is 0.388 e. The lowest BCUT2D eigenvalue weighted by atomic mass is 9.88. The van der Waals surface area contributed by atoms with Crippen LogP contribution in [0.15, 0.2) is 36.6 Å². The Kier molecular flexibility index (Phi) is 1.55. The van der Waals surface area contributed by atoms with Gasteiger partial charge in [0, 0.05) is 5.92 Å². The van der Waals surface area contributed by atoms with Crippen molar-refractivity contribution >= 4 is 0 Å². The zero-order chi connectivity index (χ0) is 7.68. The summed E-state index contributed by atoms with van der Waals surface area (Å²) in [5.41, 5.74) is 0. The molecular weight excluding hydrogens is 138 g/mol. The molecule has 2 aliphatic rings. The van der Waals surface area contributed by atoms with Crippen molar-refractivity contribution in [1.29, 1.82) is 0 Å². The highest BCUT2D eigenvalue weighted by Crippen LogP contribution is 2.20. The van der Waals surface area contributed by atoms with Crippen molar-refractivity contribution < 1.29 is 5.11 Å². The third kappa shape index (κ3) is 1.10. The first kappa shape index (κ1) is 6.68. The minimum atomic E-state index is -0.331. The number of fused-ring (bicyclic) bond motifs is 1. The molecule has 0 aromatic heterocycles. The van der Waals surface area contributed by atoms with Gasteiger partial charge in [-0.25, -0.2) is 0 Å². The van der Waals surface area contributed by atoms with E-state index in [2.05, 4.69) is 11.4 Å². The van der Waals surface area contributed by atoms with E-state index in [9.17, 15) is 5.11 Å². The van der Waals surface area contributed by atoms with Crippen LogP contribution in [0, 0.1) is 5.92 Å². The SMILES string of the molecule is OC1C=CNC2C=CC=CC12. The Morgan fingerprint density at radius 1 is 1.09 bits per heavy atom. The van der Waals surface area contributed by atoms with Crippen LogP contribution < -0.4 is 5.32 Å². The van der Waals surface area contributed by atoms with Crippen LogP contribution in [0.4, 0.5) is 0 Å². The van der Waals surface area contributed by atoms with E-state index in [0.29, 0.717) is 0 Å². The van der Waals surface area contributed by atoms with E-state index in [-0.39, 0.29) is 18.1 Å². The van der Waals surface area contributed by atoms with Crippen molar-refractivity contribution in [3.05, 3.63) is 36.6 Å². The highest BCUT2D eigenvalue weighted by molar-refractivity contribution is 5.22. The van der Waals surface area contributed by atoms with Gasteiger partial charge in [-0.15, -0.1) is 0 Å². The maximum atomic E-state index is 9.49. The highest BCUT2D eigenvalue weighted by atomic mass is 16.3. The second-order valence-corrected chi connectivity index (χ2v) is 2.89. The quantitative estimate of drug-likeness (QED) is 0.528. The molecule has 2 rings (SSSR count). The van der Waals surface area contributed by atoms with Crippen LogP contribution in [0.1, 0.15) is 0 Å². The maximum Gasteiger partial charge on any atom is 0.0823 e. The van der Waals surface area contributed by atoms with Crippen LogP contribution >= 0.6 is 0 Å². The molecule has 58 valence electrons. The fourth-order valence-electron chi connectivity index (χ4n) is 1.51. The summed E-state index contributed by atoms with van der Waals surface area (Å²) in [5, 5.41) is 12.7. The predicted octanol–water partition coefficient (Wildman–Crippen LogP) is 0.575. The van der Waals surface area contributed by atoms with Crippen molar-refractivity contribution in [2.24, 2.45) is 5.92 Å². The maximum absolute atomic E-state index is 9.49. The van der Waals surface area contributed by atoms with Gasteiger partial charge < -0.3 is 10.4 Å². The summed E-state index contributed by atoms with van der Waals surface area (Å²) >= 11 is 0. The van der Waals surface area contributed by atoms with Gasteiger partial charge in [0.2, 0.25) is 0 Å². The van der Waals surface area contributed by atoms with Crippen molar-refractivity contribution in [2.75, 3.05) is 0 Å². The van der Waals surface area contributed by atoms with Crippen LogP contribution in [0.3, 0.4) is 0 Å². The van der Waals surface area contributed by atoms with E-state index in [0.717, 1.165) is 0 Å². The fraction of sp³-hybridized carbons (Fsp3) is 0.333. The van der Waals surface area contributed by atoms with E-state index >= 15 is 0 Å². The topological polar surface area (TPSA) is 32.3 Å². The van der Waals surface area contributed by atoms with E-state index in [1.165, 1.54) is 0 Å². The summed E-state index contributed by atoms with van der Waals surface area (Å²) in [7, 11) is 0. The molecule has 1 aliphatic heterocycles. The zero-order valence-electron chi connectivity index (χ0n) is 6.14. The zero-order valence-corrected chi connectivity index (χ0v) is 6.14. The Morgan fingerprint density at radius 3 is 2.73 bits per heavy atom. The van der Waals surface area contributed by atoms with Crippen LogP contribution in [0.5, 0.6) is 0 Å². The lowest BCUT2D eigenvalue weighted by Crippen LogP contribution is -2.41. The summed E-state index contributed by atoms with van der Waals surface area (Å²) in [6.45, 7) is 0. The molecular formula is C9H11NO. The lowest BCUT2D eigenvalue weighted by Gasteiger charge is -2.30. The van der Waals surface area contributed by atoms with Crippen molar-refractivity contribution in [3.63, 3.8) is 0 Å². The predicted molar refractivity (Wildman–Crippen MR) is 43.8 cm³/mol. The Balaban J connectivity index is 2.23. The lowest BCUT2D eigenvalue weighted by molar-refractivity contribution is 0.155. The Bertz CT molecular complexity index is 230. The van der Waals surface area contributed by atoms with Crippen LogP contribution in [-0.2, 0) is 0 Å². The number of aliphatic hydroxyl groups excluding tert-OH is 1. The molecule has 0 fully saturated rings. The summed E-state index contributed by atoms with van der Waals surface area (Å²) in [5.74, 6) is 0.213. The van der Waals surface area contributed by atoms with Gasteiger partial charge in [-0.3, -0.25) is 0 Å². The highest BCUT2D eigenvalue weighted by Gasteiger charge is 2.25. The smallest absolute Gasteiger partial charge is 0.0823 e. The molecule has 0 bridgehead atoms. The third-order valence-corrected chi connectivity index (χ3v) is 2.15. The molecule has 0 spiro atoms. The number of hydrogen-bond acceptors (Lipinski definition) is 2. The number of hydrogen-bond donors (Lipinski definition) is 2. The Hall–Kier alpha value is -1.02. The summed E-state index contributed by atoms with van der Waals surface area (Å²) in [6, 6.07) is 0.278. The molecule has 3 atom stereocenters. The molecule has 1 aliphatic carbocycles. The third-order valence-electron chi connectivity index (χ3n) is 2.15. The van der Waals surface area contributed by atoms with Crippen LogP contribution in [0.25, 0.3) is 0 Å². The van der Waals surface area contributed by atoms with Crippen molar-refractivity contribution in [1.82, 2.24) is 5.32 Å². The molecule has 0 amide bonds. The first-order valence-corrected chi connectivity index (χ1v) is 3.84. The molecule has 2 N–H and O–H groups in total. The van der Waals surface area contributed by atoms with Gasteiger partial charge in [0.15, 0.2) is 0 Å². The first-order chi connectivity index (χ1) is 5.38. The molecule has 2 heteroatoms. The molecule has 0 radical (unpaired) electrons. The monoisotopic (exact) mass is 149 g/mol. The minimum absolute atomic E-state index is 0.213. The average Bonchev–Trinajstić information content (AvgIpc) is 2.06. The summed E-state index contributed by atoms with van der Waals surface area (Å²) in [6.07, 6.45) is 11.3. The fourth-order valence-corrected chi connectivity index (χ4v) is 1.51. The van der Waals surface area contributed by atoms with Gasteiger partial charge in [-0.05, 0) is 12.3 Å².